The molecule has 20 heavy (non-hydrogen) atoms. The van der Waals surface area contributed by atoms with Gasteiger partial charge in [-0.3, -0.25) is 4.79 Å². The summed E-state index contributed by atoms with van der Waals surface area (Å²) in [5, 5.41) is 13.7. The SMILES string of the molecule is N#Cc1c(N2CC(CN=[N+]=[N-])CC2=O)sc2c1CCC2. The van der Waals surface area contributed by atoms with E-state index in [-0.39, 0.29) is 11.8 Å². The summed E-state index contributed by atoms with van der Waals surface area (Å²) in [6.45, 7) is 0.887. The van der Waals surface area contributed by atoms with E-state index in [0.717, 1.165) is 29.8 Å². The van der Waals surface area contributed by atoms with E-state index < -0.39 is 0 Å². The molecule has 1 amide bonds. The molecule has 102 valence electrons. The van der Waals surface area contributed by atoms with Crippen LogP contribution >= 0.6 is 11.3 Å². The molecule has 0 aromatic carbocycles. The third-order valence-electron chi connectivity index (χ3n) is 3.87. The van der Waals surface area contributed by atoms with Crippen molar-refractivity contribution in [2.45, 2.75) is 25.7 Å². The molecule has 0 radical (unpaired) electrons. The summed E-state index contributed by atoms with van der Waals surface area (Å²) in [5.74, 6) is 0.0847. The molecular weight excluding hydrogens is 274 g/mol. The molecular formula is C13H13N5OS. The lowest BCUT2D eigenvalue weighted by molar-refractivity contribution is -0.117. The monoisotopic (exact) mass is 287 g/mol. The van der Waals surface area contributed by atoms with Gasteiger partial charge < -0.3 is 4.90 Å². The van der Waals surface area contributed by atoms with Gasteiger partial charge >= 0.3 is 0 Å². The van der Waals surface area contributed by atoms with Gasteiger partial charge in [-0.25, -0.2) is 0 Å². The Hall–Kier alpha value is -2.03. The number of nitrogens with zero attached hydrogens (tertiary/aromatic N) is 5. The average Bonchev–Trinajstić information content (AvgIpc) is 3.09. The van der Waals surface area contributed by atoms with E-state index in [1.54, 1.807) is 16.2 Å². The van der Waals surface area contributed by atoms with Crippen molar-refractivity contribution in [1.82, 2.24) is 0 Å². The second-order valence-electron chi connectivity index (χ2n) is 5.14. The van der Waals surface area contributed by atoms with Crippen LogP contribution in [0.15, 0.2) is 5.11 Å². The molecule has 2 aliphatic rings. The van der Waals surface area contributed by atoms with Gasteiger partial charge in [-0.05, 0) is 36.3 Å². The van der Waals surface area contributed by atoms with Gasteiger partial charge in [-0.15, -0.1) is 11.3 Å². The molecule has 0 N–H and O–H groups in total. The number of carbonyl (C=O) groups is 1. The van der Waals surface area contributed by atoms with Crippen LogP contribution in [0.4, 0.5) is 5.00 Å². The molecule has 1 atom stereocenters. The minimum atomic E-state index is 0.0274. The van der Waals surface area contributed by atoms with Gasteiger partial charge in [0.1, 0.15) is 11.1 Å². The number of nitriles is 1. The van der Waals surface area contributed by atoms with Crippen LogP contribution in [0.25, 0.3) is 10.4 Å². The van der Waals surface area contributed by atoms with Crippen molar-refractivity contribution in [1.29, 1.82) is 5.26 Å². The van der Waals surface area contributed by atoms with E-state index in [2.05, 4.69) is 16.1 Å². The van der Waals surface area contributed by atoms with Gasteiger partial charge in [0, 0.05) is 29.3 Å². The summed E-state index contributed by atoms with van der Waals surface area (Å²) < 4.78 is 0. The lowest BCUT2D eigenvalue weighted by atomic mass is 10.1. The standard InChI is InChI=1S/C13H13N5OS/c14-5-10-9-2-1-3-11(9)20-13(10)18-7-8(4-12(18)19)6-16-17-15/h8H,1-4,6-7H2. The maximum absolute atomic E-state index is 12.1. The summed E-state index contributed by atoms with van der Waals surface area (Å²) in [4.78, 5) is 17.8. The number of carbonyl (C=O) groups excluding carboxylic acids is 1. The van der Waals surface area contributed by atoms with Crippen molar-refractivity contribution in [2.24, 2.45) is 11.0 Å². The van der Waals surface area contributed by atoms with Gasteiger partial charge in [0.05, 0.1) is 5.56 Å². The van der Waals surface area contributed by atoms with Crippen molar-refractivity contribution in [2.75, 3.05) is 18.0 Å². The highest BCUT2D eigenvalue weighted by molar-refractivity contribution is 7.16. The van der Waals surface area contributed by atoms with Gasteiger partial charge in [-0.2, -0.15) is 5.26 Å². The van der Waals surface area contributed by atoms with Crippen LogP contribution in [0.5, 0.6) is 0 Å². The number of anilines is 1. The van der Waals surface area contributed by atoms with E-state index in [0.29, 0.717) is 25.1 Å². The third-order valence-corrected chi connectivity index (χ3v) is 5.18. The second-order valence-corrected chi connectivity index (χ2v) is 6.22. The summed E-state index contributed by atoms with van der Waals surface area (Å²) in [5.41, 5.74) is 10.2. The molecule has 7 heteroatoms. The molecule has 1 unspecified atom stereocenters. The van der Waals surface area contributed by atoms with Crippen LogP contribution < -0.4 is 4.90 Å². The molecule has 1 fully saturated rings. The lowest BCUT2D eigenvalue weighted by Crippen LogP contribution is -2.24. The predicted octanol–water partition coefficient (Wildman–Crippen LogP) is 2.77. The maximum Gasteiger partial charge on any atom is 0.227 e. The Balaban J connectivity index is 1.89. The Morgan fingerprint density at radius 2 is 2.40 bits per heavy atom. The lowest BCUT2D eigenvalue weighted by Gasteiger charge is -2.15. The molecule has 1 aliphatic carbocycles. The fraction of sp³-hybridized carbons (Fsp3) is 0.538. The number of hydrogen-bond donors (Lipinski definition) is 0. The van der Waals surface area contributed by atoms with Crippen LogP contribution in [0.2, 0.25) is 0 Å². The summed E-state index contributed by atoms with van der Waals surface area (Å²) in [6.07, 6.45) is 3.45. The Kier molecular flexibility index (Phi) is 3.35. The molecule has 1 saturated heterocycles. The average molecular weight is 287 g/mol. The van der Waals surface area contributed by atoms with Crippen LogP contribution in [-0.2, 0) is 17.6 Å². The molecule has 0 saturated carbocycles. The van der Waals surface area contributed by atoms with Crippen molar-refractivity contribution in [3.05, 3.63) is 26.4 Å². The molecule has 6 nitrogen and oxygen atoms in total. The van der Waals surface area contributed by atoms with Crippen molar-refractivity contribution in [3.63, 3.8) is 0 Å². The molecule has 1 aliphatic heterocycles. The Labute approximate surface area is 120 Å². The second kappa shape index (κ2) is 5.16. The first-order chi connectivity index (χ1) is 9.74. The predicted molar refractivity (Wildman–Crippen MR) is 75.5 cm³/mol. The van der Waals surface area contributed by atoms with Gasteiger partial charge in [-0.1, -0.05) is 5.11 Å². The normalized spacial score (nSPS) is 20.6. The van der Waals surface area contributed by atoms with Crippen LogP contribution in [0.1, 0.15) is 28.8 Å². The first-order valence-electron chi connectivity index (χ1n) is 6.60. The minimum Gasteiger partial charge on any atom is -0.302 e. The van der Waals surface area contributed by atoms with E-state index >= 15 is 0 Å². The summed E-state index contributed by atoms with van der Waals surface area (Å²) in [7, 11) is 0. The topological polar surface area (TPSA) is 92.9 Å². The quantitative estimate of drug-likeness (QED) is 0.485. The van der Waals surface area contributed by atoms with E-state index in [4.69, 9.17) is 5.53 Å². The minimum absolute atomic E-state index is 0.0274. The zero-order chi connectivity index (χ0) is 14.1. The molecule has 3 rings (SSSR count). The highest BCUT2D eigenvalue weighted by Crippen LogP contribution is 2.42. The zero-order valence-electron chi connectivity index (χ0n) is 10.9. The Morgan fingerprint density at radius 3 is 3.15 bits per heavy atom. The largest absolute Gasteiger partial charge is 0.302 e. The fourth-order valence-corrected chi connectivity index (χ4v) is 4.31. The highest BCUT2D eigenvalue weighted by Gasteiger charge is 2.34. The number of hydrogen-bond acceptors (Lipinski definition) is 4. The molecule has 0 bridgehead atoms. The number of aryl methyl sites for hydroxylation is 1. The van der Waals surface area contributed by atoms with E-state index in [1.807, 2.05) is 0 Å². The van der Waals surface area contributed by atoms with Crippen molar-refractivity contribution >= 4 is 22.2 Å². The van der Waals surface area contributed by atoms with E-state index in [9.17, 15) is 10.1 Å². The van der Waals surface area contributed by atoms with Gasteiger partial charge in [0.2, 0.25) is 5.91 Å². The zero-order valence-corrected chi connectivity index (χ0v) is 11.7. The van der Waals surface area contributed by atoms with Crippen LogP contribution in [-0.4, -0.2) is 19.0 Å². The molecule has 1 aromatic heterocycles. The van der Waals surface area contributed by atoms with Crippen LogP contribution in [0, 0.1) is 17.2 Å². The maximum atomic E-state index is 12.1. The van der Waals surface area contributed by atoms with Gasteiger partial charge in [0.15, 0.2) is 0 Å². The molecule has 0 spiro atoms. The van der Waals surface area contributed by atoms with Crippen molar-refractivity contribution in [3.8, 4) is 6.07 Å². The third kappa shape index (κ3) is 2.03. The Morgan fingerprint density at radius 1 is 1.55 bits per heavy atom. The first kappa shape index (κ1) is 13.0. The molecule has 2 heterocycles. The number of thiophene rings is 1. The Bertz CT molecular complexity index is 652. The number of azide groups is 1. The van der Waals surface area contributed by atoms with E-state index in [1.165, 1.54) is 4.88 Å². The summed E-state index contributed by atoms with van der Waals surface area (Å²) in [6, 6.07) is 2.27. The fourth-order valence-electron chi connectivity index (χ4n) is 2.95. The number of rotatable bonds is 3. The smallest absolute Gasteiger partial charge is 0.227 e. The van der Waals surface area contributed by atoms with Crippen molar-refractivity contribution < 1.29 is 4.79 Å². The molecule has 1 aromatic rings. The number of amides is 1. The van der Waals surface area contributed by atoms with Gasteiger partial charge in [0.25, 0.3) is 0 Å². The number of fused-ring (bicyclic) bond motifs is 1. The van der Waals surface area contributed by atoms with Crippen LogP contribution in [0.3, 0.4) is 0 Å². The highest BCUT2D eigenvalue weighted by atomic mass is 32.1. The summed E-state index contributed by atoms with van der Waals surface area (Å²) >= 11 is 1.58. The first-order valence-corrected chi connectivity index (χ1v) is 7.42.